The molecule has 0 aliphatic carbocycles. The van der Waals surface area contributed by atoms with Crippen molar-refractivity contribution in [1.82, 2.24) is 5.32 Å². The Morgan fingerprint density at radius 1 is 1.00 bits per heavy atom. The summed E-state index contributed by atoms with van der Waals surface area (Å²) in [5, 5.41) is 5.88. The molecule has 1 rings (SSSR count). The van der Waals surface area contributed by atoms with Crippen molar-refractivity contribution >= 4 is 17.5 Å². The Balaban J connectivity index is 2.78. The summed E-state index contributed by atoms with van der Waals surface area (Å²) >= 11 is 0. The smallest absolute Gasteiger partial charge is 0.226 e. The first-order valence-corrected chi connectivity index (χ1v) is 8.75. The second-order valence-electron chi connectivity index (χ2n) is 7.92. The fourth-order valence-corrected chi connectivity index (χ4v) is 2.45. The van der Waals surface area contributed by atoms with Gasteiger partial charge in [-0.25, -0.2) is 0 Å². The molecule has 0 heterocycles. The molecule has 0 unspecified atom stereocenters. The Labute approximate surface area is 146 Å². The fourth-order valence-electron chi connectivity index (χ4n) is 2.45. The molecule has 4 nitrogen and oxygen atoms in total. The van der Waals surface area contributed by atoms with Crippen LogP contribution in [0, 0.1) is 5.41 Å². The molecular weight excluding hydrogens is 300 g/mol. The number of carbonyl (C=O) groups is 2. The number of amides is 2. The van der Waals surface area contributed by atoms with Crippen molar-refractivity contribution in [1.29, 1.82) is 0 Å². The minimum Gasteiger partial charge on any atom is -0.355 e. The van der Waals surface area contributed by atoms with Crippen molar-refractivity contribution in [2.24, 2.45) is 5.41 Å². The van der Waals surface area contributed by atoms with Gasteiger partial charge in [0.2, 0.25) is 11.8 Å². The van der Waals surface area contributed by atoms with E-state index >= 15 is 0 Å². The molecule has 0 aromatic heterocycles. The third kappa shape index (κ3) is 5.66. The van der Waals surface area contributed by atoms with Gasteiger partial charge in [-0.2, -0.15) is 0 Å². The topological polar surface area (TPSA) is 58.2 Å². The molecule has 0 aliphatic rings. The van der Waals surface area contributed by atoms with Crippen molar-refractivity contribution in [2.75, 3.05) is 11.9 Å². The molecule has 0 fully saturated rings. The van der Waals surface area contributed by atoms with Crippen molar-refractivity contribution in [3.05, 3.63) is 29.3 Å². The van der Waals surface area contributed by atoms with E-state index in [0.717, 1.165) is 16.8 Å². The van der Waals surface area contributed by atoms with E-state index in [4.69, 9.17) is 0 Å². The van der Waals surface area contributed by atoms with E-state index in [0.29, 0.717) is 18.4 Å². The van der Waals surface area contributed by atoms with E-state index in [9.17, 15) is 9.59 Å². The van der Waals surface area contributed by atoms with Crippen LogP contribution < -0.4 is 10.6 Å². The molecule has 0 saturated carbocycles. The van der Waals surface area contributed by atoms with E-state index in [-0.39, 0.29) is 18.2 Å². The fraction of sp³-hybridized carbons (Fsp3) is 0.600. The lowest BCUT2D eigenvalue weighted by molar-refractivity contribution is -0.128. The number of nitrogens with one attached hydrogen (secondary N) is 2. The maximum atomic E-state index is 12.3. The normalized spacial score (nSPS) is 11.7. The molecule has 24 heavy (non-hydrogen) atoms. The SMILES string of the molecule is CC(C)c1cccc(C(C)C)c1NC(=O)CCNC(=O)C(C)(C)C. The van der Waals surface area contributed by atoms with Gasteiger partial charge in [0, 0.05) is 24.1 Å². The molecule has 0 saturated heterocycles. The highest BCUT2D eigenvalue weighted by Crippen LogP contribution is 2.32. The molecule has 0 atom stereocenters. The van der Waals surface area contributed by atoms with Crippen LogP contribution in [-0.2, 0) is 9.59 Å². The van der Waals surface area contributed by atoms with Gasteiger partial charge in [-0.1, -0.05) is 66.7 Å². The van der Waals surface area contributed by atoms with E-state index in [2.05, 4.69) is 50.5 Å². The van der Waals surface area contributed by atoms with Crippen molar-refractivity contribution < 1.29 is 9.59 Å². The molecule has 2 amide bonds. The first-order valence-electron chi connectivity index (χ1n) is 8.75. The van der Waals surface area contributed by atoms with Crippen LogP contribution >= 0.6 is 0 Å². The molecule has 0 bridgehead atoms. The van der Waals surface area contributed by atoms with Gasteiger partial charge < -0.3 is 10.6 Å². The lowest BCUT2D eigenvalue weighted by atomic mass is 9.92. The van der Waals surface area contributed by atoms with E-state index < -0.39 is 5.41 Å². The second-order valence-corrected chi connectivity index (χ2v) is 7.92. The summed E-state index contributed by atoms with van der Waals surface area (Å²) in [7, 11) is 0. The zero-order chi connectivity index (χ0) is 18.5. The quantitative estimate of drug-likeness (QED) is 0.810. The third-order valence-electron chi connectivity index (χ3n) is 3.96. The summed E-state index contributed by atoms with van der Waals surface area (Å²) in [5.41, 5.74) is 2.78. The highest BCUT2D eigenvalue weighted by atomic mass is 16.2. The van der Waals surface area contributed by atoms with Crippen molar-refractivity contribution in [3.63, 3.8) is 0 Å². The monoisotopic (exact) mass is 332 g/mol. The van der Waals surface area contributed by atoms with E-state index in [1.54, 1.807) is 0 Å². The number of benzene rings is 1. The number of carbonyl (C=O) groups excluding carboxylic acids is 2. The maximum absolute atomic E-state index is 12.3. The molecular formula is C20H32N2O2. The molecule has 2 N–H and O–H groups in total. The first kappa shape index (κ1) is 20.2. The zero-order valence-corrected chi connectivity index (χ0v) is 16.1. The van der Waals surface area contributed by atoms with Gasteiger partial charge in [0.05, 0.1) is 0 Å². The van der Waals surface area contributed by atoms with Gasteiger partial charge in [0.25, 0.3) is 0 Å². The van der Waals surface area contributed by atoms with Gasteiger partial charge >= 0.3 is 0 Å². The Bertz CT molecular complexity index is 558. The van der Waals surface area contributed by atoms with Gasteiger partial charge in [0.15, 0.2) is 0 Å². The zero-order valence-electron chi connectivity index (χ0n) is 16.1. The van der Waals surface area contributed by atoms with Gasteiger partial charge in [0.1, 0.15) is 0 Å². The maximum Gasteiger partial charge on any atom is 0.226 e. The Hall–Kier alpha value is -1.84. The Morgan fingerprint density at radius 3 is 1.92 bits per heavy atom. The molecule has 4 heteroatoms. The van der Waals surface area contributed by atoms with Crippen LogP contribution in [0.2, 0.25) is 0 Å². The van der Waals surface area contributed by atoms with Crippen molar-refractivity contribution in [2.45, 2.75) is 66.7 Å². The van der Waals surface area contributed by atoms with Gasteiger partial charge in [-0.3, -0.25) is 9.59 Å². The van der Waals surface area contributed by atoms with Crippen LogP contribution in [0.1, 0.15) is 77.8 Å². The number of hydrogen-bond donors (Lipinski definition) is 2. The van der Waals surface area contributed by atoms with Crippen LogP contribution in [0.3, 0.4) is 0 Å². The molecule has 0 spiro atoms. The number of rotatable bonds is 6. The summed E-state index contributed by atoms with van der Waals surface area (Å²) in [4.78, 5) is 24.2. The van der Waals surface area contributed by atoms with E-state index in [1.807, 2.05) is 26.8 Å². The Morgan fingerprint density at radius 2 is 1.50 bits per heavy atom. The number of anilines is 1. The van der Waals surface area contributed by atoms with Crippen LogP contribution in [0.25, 0.3) is 0 Å². The van der Waals surface area contributed by atoms with Gasteiger partial charge in [-0.15, -0.1) is 0 Å². The highest BCUT2D eigenvalue weighted by Gasteiger charge is 2.21. The molecule has 1 aromatic rings. The molecule has 0 aliphatic heterocycles. The van der Waals surface area contributed by atoms with Crippen LogP contribution in [-0.4, -0.2) is 18.4 Å². The summed E-state index contributed by atoms with van der Waals surface area (Å²) in [6.45, 7) is 14.4. The van der Waals surface area contributed by atoms with Crippen LogP contribution in [0.15, 0.2) is 18.2 Å². The lowest BCUT2D eigenvalue weighted by Gasteiger charge is -2.21. The summed E-state index contributed by atoms with van der Waals surface area (Å²) in [5.74, 6) is 0.555. The first-order chi connectivity index (χ1) is 11.0. The predicted octanol–water partition coefficient (Wildman–Crippen LogP) is 4.42. The van der Waals surface area contributed by atoms with Gasteiger partial charge in [-0.05, 0) is 23.0 Å². The largest absolute Gasteiger partial charge is 0.355 e. The molecule has 134 valence electrons. The highest BCUT2D eigenvalue weighted by molar-refractivity contribution is 5.93. The summed E-state index contributed by atoms with van der Waals surface area (Å²) < 4.78 is 0. The summed E-state index contributed by atoms with van der Waals surface area (Å²) in [6.07, 6.45) is 0.270. The van der Waals surface area contributed by atoms with E-state index in [1.165, 1.54) is 0 Å². The average Bonchev–Trinajstić information content (AvgIpc) is 2.45. The van der Waals surface area contributed by atoms with Crippen LogP contribution in [0.5, 0.6) is 0 Å². The number of hydrogen-bond acceptors (Lipinski definition) is 2. The number of para-hydroxylation sites is 1. The van der Waals surface area contributed by atoms with Crippen molar-refractivity contribution in [3.8, 4) is 0 Å². The third-order valence-corrected chi connectivity index (χ3v) is 3.96. The minimum atomic E-state index is -0.439. The molecule has 0 radical (unpaired) electrons. The summed E-state index contributed by atoms with van der Waals surface area (Å²) in [6, 6.07) is 6.17. The lowest BCUT2D eigenvalue weighted by Crippen LogP contribution is -2.36. The molecule has 1 aromatic carbocycles. The average molecular weight is 332 g/mol. The Kier molecular flexibility index (Phi) is 7.00. The predicted molar refractivity (Wildman–Crippen MR) is 100 cm³/mol. The standard InChI is InChI=1S/C20H32N2O2/c1-13(2)15-9-8-10-16(14(3)4)18(15)22-17(23)11-12-21-19(24)20(5,6)7/h8-10,13-14H,11-12H2,1-7H3,(H,21,24)(H,22,23). The second kappa shape index (κ2) is 8.32. The minimum absolute atomic E-state index is 0.0410. The van der Waals surface area contributed by atoms with Crippen LogP contribution in [0.4, 0.5) is 5.69 Å².